The Hall–Kier alpha value is -1.30. The standard InChI is InChI=1S/C14H18F3N3/c15-14(16,17)10-4-6-18-13(9-10)19-11-5-8-20-7-2-1-3-12(11)20/h4,6,9,11-12H,1-3,5,7-8H2,(H,18,19). The van der Waals surface area contributed by atoms with E-state index in [-0.39, 0.29) is 6.04 Å². The van der Waals surface area contributed by atoms with E-state index in [4.69, 9.17) is 0 Å². The lowest BCUT2D eigenvalue weighted by Gasteiger charge is -2.32. The summed E-state index contributed by atoms with van der Waals surface area (Å²) < 4.78 is 38.1. The largest absolute Gasteiger partial charge is 0.416 e. The van der Waals surface area contributed by atoms with Gasteiger partial charge in [0.15, 0.2) is 0 Å². The summed E-state index contributed by atoms with van der Waals surface area (Å²) in [5.74, 6) is 0.331. The van der Waals surface area contributed by atoms with Crippen molar-refractivity contribution in [1.82, 2.24) is 9.88 Å². The molecule has 1 N–H and O–H groups in total. The number of pyridine rings is 1. The van der Waals surface area contributed by atoms with Gasteiger partial charge in [0.05, 0.1) is 5.56 Å². The van der Waals surface area contributed by atoms with Gasteiger partial charge in [0.1, 0.15) is 5.82 Å². The summed E-state index contributed by atoms with van der Waals surface area (Å²) in [6.07, 6.45) is 1.43. The number of hydrogen-bond acceptors (Lipinski definition) is 3. The third-order valence-corrected chi connectivity index (χ3v) is 4.28. The van der Waals surface area contributed by atoms with Crippen molar-refractivity contribution >= 4 is 5.82 Å². The van der Waals surface area contributed by atoms with E-state index >= 15 is 0 Å². The van der Waals surface area contributed by atoms with Gasteiger partial charge in [-0.05, 0) is 37.9 Å². The summed E-state index contributed by atoms with van der Waals surface area (Å²) in [7, 11) is 0. The lowest BCUT2D eigenvalue weighted by Crippen LogP contribution is -2.41. The van der Waals surface area contributed by atoms with Crippen molar-refractivity contribution in [3.8, 4) is 0 Å². The molecule has 0 amide bonds. The number of hydrogen-bond donors (Lipinski definition) is 1. The Bertz CT molecular complexity index is 475. The number of alkyl halides is 3. The first kappa shape index (κ1) is 13.7. The molecule has 2 saturated heterocycles. The molecule has 110 valence electrons. The number of nitrogens with one attached hydrogen (secondary N) is 1. The second-order valence-electron chi connectivity index (χ2n) is 5.57. The highest BCUT2D eigenvalue weighted by Crippen LogP contribution is 2.32. The van der Waals surface area contributed by atoms with Crippen molar-refractivity contribution in [3.63, 3.8) is 0 Å². The summed E-state index contributed by atoms with van der Waals surface area (Å²) in [4.78, 5) is 6.46. The number of anilines is 1. The Labute approximate surface area is 116 Å². The number of nitrogens with zero attached hydrogens (tertiary/aromatic N) is 2. The number of fused-ring (bicyclic) bond motifs is 1. The van der Waals surface area contributed by atoms with Crippen LogP contribution in [0.15, 0.2) is 18.3 Å². The molecule has 6 heteroatoms. The number of rotatable bonds is 2. The second-order valence-corrected chi connectivity index (χ2v) is 5.57. The third-order valence-electron chi connectivity index (χ3n) is 4.28. The fourth-order valence-electron chi connectivity index (χ4n) is 3.29. The molecule has 3 rings (SSSR count). The Morgan fingerprint density at radius 2 is 2.05 bits per heavy atom. The smallest absolute Gasteiger partial charge is 0.366 e. The maximum Gasteiger partial charge on any atom is 0.416 e. The Morgan fingerprint density at radius 3 is 2.85 bits per heavy atom. The van der Waals surface area contributed by atoms with Gasteiger partial charge in [-0.25, -0.2) is 4.98 Å². The van der Waals surface area contributed by atoms with Gasteiger partial charge in [0.2, 0.25) is 0 Å². The molecule has 0 bridgehead atoms. The zero-order chi connectivity index (χ0) is 14.2. The van der Waals surface area contributed by atoms with Crippen LogP contribution in [0.2, 0.25) is 0 Å². The molecule has 1 aromatic heterocycles. The molecule has 0 spiro atoms. The molecule has 2 aliphatic heterocycles. The normalized spacial score (nSPS) is 27.4. The van der Waals surface area contributed by atoms with Gasteiger partial charge < -0.3 is 5.32 Å². The molecule has 0 saturated carbocycles. The minimum atomic E-state index is -4.31. The molecule has 3 nitrogen and oxygen atoms in total. The van der Waals surface area contributed by atoms with Crippen molar-refractivity contribution in [2.75, 3.05) is 18.4 Å². The number of aromatic nitrogens is 1. The fraction of sp³-hybridized carbons (Fsp3) is 0.643. The van der Waals surface area contributed by atoms with Gasteiger partial charge in [0.25, 0.3) is 0 Å². The van der Waals surface area contributed by atoms with Crippen molar-refractivity contribution < 1.29 is 13.2 Å². The Balaban J connectivity index is 1.72. The lowest BCUT2D eigenvalue weighted by molar-refractivity contribution is -0.137. The van der Waals surface area contributed by atoms with Gasteiger partial charge >= 0.3 is 6.18 Å². The van der Waals surface area contributed by atoms with Crippen molar-refractivity contribution in [2.24, 2.45) is 0 Å². The molecule has 0 aliphatic carbocycles. The average molecular weight is 285 g/mol. The molecule has 0 radical (unpaired) electrons. The monoisotopic (exact) mass is 285 g/mol. The van der Waals surface area contributed by atoms with Gasteiger partial charge in [-0.3, -0.25) is 4.90 Å². The van der Waals surface area contributed by atoms with E-state index in [1.807, 2.05) is 0 Å². The summed E-state index contributed by atoms with van der Waals surface area (Å²) in [6.45, 7) is 2.14. The molecule has 2 atom stereocenters. The highest BCUT2D eigenvalue weighted by Gasteiger charge is 2.36. The molecular formula is C14H18F3N3. The van der Waals surface area contributed by atoms with Crippen molar-refractivity contribution in [3.05, 3.63) is 23.9 Å². The van der Waals surface area contributed by atoms with Crippen molar-refractivity contribution in [2.45, 2.75) is 43.9 Å². The zero-order valence-electron chi connectivity index (χ0n) is 11.2. The highest BCUT2D eigenvalue weighted by molar-refractivity contribution is 5.40. The highest BCUT2D eigenvalue weighted by atomic mass is 19.4. The molecular weight excluding hydrogens is 267 g/mol. The van der Waals surface area contributed by atoms with Gasteiger partial charge in [-0.15, -0.1) is 0 Å². The van der Waals surface area contributed by atoms with E-state index in [9.17, 15) is 13.2 Å². The van der Waals surface area contributed by atoms with E-state index in [0.29, 0.717) is 11.9 Å². The topological polar surface area (TPSA) is 28.2 Å². The van der Waals surface area contributed by atoms with Crippen LogP contribution in [0.3, 0.4) is 0 Å². The maximum absolute atomic E-state index is 12.7. The van der Waals surface area contributed by atoms with Crippen LogP contribution in [0, 0.1) is 0 Å². The predicted octanol–water partition coefficient (Wildman–Crippen LogP) is 3.14. The third kappa shape index (κ3) is 2.75. The van der Waals surface area contributed by atoms with E-state index in [1.165, 1.54) is 19.0 Å². The van der Waals surface area contributed by atoms with E-state index < -0.39 is 11.7 Å². The van der Waals surface area contributed by atoms with E-state index in [0.717, 1.165) is 38.1 Å². The Kier molecular flexibility index (Phi) is 3.58. The molecule has 2 unspecified atom stereocenters. The van der Waals surface area contributed by atoms with Crippen LogP contribution in [0.5, 0.6) is 0 Å². The first-order valence-corrected chi connectivity index (χ1v) is 7.08. The van der Waals surface area contributed by atoms with Crippen LogP contribution in [-0.4, -0.2) is 35.1 Å². The summed E-state index contributed by atoms with van der Waals surface area (Å²) in [5.41, 5.74) is -0.645. The predicted molar refractivity (Wildman–Crippen MR) is 70.5 cm³/mol. The lowest BCUT2D eigenvalue weighted by atomic mass is 9.99. The van der Waals surface area contributed by atoms with Crippen LogP contribution in [0.25, 0.3) is 0 Å². The number of piperidine rings is 1. The maximum atomic E-state index is 12.7. The quantitative estimate of drug-likeness (QED) is 0.905. The number of halogens is 3. The molecule has 3 heterocycles. The molecule has 2 aliphatic rings. The second kappa shape index (κ2) is 5.24. The first-order valence-electron chi connectivity index (χ1n) is 7.08. The van der Waals surface area contributed by atoms with E-state index in [1.54, 1.807) is 0 Å². The molecule has 2 fully saturated rings. The van der Waals surface area contributed by atoms with E-state index in [2.05, 4.69) is 15.2 Å². The van der Waals surface area contributed by atoms with Gasteiger partial charge in [-0.1, -0.05) is 6.42 Å². The first-order chi connectivity index (χ1) is 9.54. The van der Waals surface area contributed by atoms with Crippen LogP contribution >= 0.6 is 0 Å². The minimum Gasteiger partial charge on any atom is -0.366 e. The van der Waals surface area contributed by atoms with Crippen molar-refractivity contribution in [1.29, 1.82) is 0 Å². The molecule has 20 heavy (non-hydrogen) atoms. The fourth-order valence-corrected chi connectivity index (χ4v) is 3.29. The summed E-state index contributed by atoms with van der Waals surface area (Å²) in [6, 6.07) is 2.77. The zero-order valence-corrected chi connectivity index (χ0v) is 11.2. The van der Waals surface area contributed by atoms with Gasteiger partial charge in [0, 0.05) is 24.8 Å². The SMILES string of the molecule is FC(F)(F)c1ccnc(NC2CCN3CCCCC23)c1. The van der Waals surface area contributed by atoms with Crippen LogP contribution in [0.1, 0.15) is 31.2 Å². The summed E-state index contributed by atoms with van der Waals surface area (Å²) in [5, 5.41) is 3.20. The van der Waals surface area contributed by atoms with Gasteiger partial charge in [-0.2, -0.15) is 13.2 Å². The molecule has 1 aromatic rings. The van der Waals surface area contributed by atoms with Crippen LogP contribution in [0.4, 0.5) is 19.0 Å². The molecule has 0 aromatic carbocycles. The average Bonchev–Trinajstić information content (AvgIpc) is 2.82. The summed E-state index contributed by atoms with van der Waals surface area (Å²) >= 11 is 0. The minimum absolute atomic E-state index is 0.214. The van der Waals surface area contributed by atoms with Crippen LogP contribution < -0.4 is 5.32 Å². The Morgan fingerprint density at radius 1 is 1.20 bits per heavy atom. The van der Waals surface area contributed by atoms with Crippen LogP contribution in [-0.2, 0) is 6.18 Å².